The molecule has 1 aromatic carbocycles. The maximum Gasteiger partial charge on any atom is 0.431 e. The molecule has 1 aliphatic carbocycles. The number of pyridine rings is 1. The third kappa shape index (κ3) is 4.91. The lowest BCUT2D eigenvalue weighted by Crippen LogP contribution is -2.40. The van der Waals surface area contributed by atoms with Crippen molar-refractivity contribution >= 4 is 5.91 Å². The van der Waals surface area contributed by atoms with Crippen LogP contribution < -0.4 is 16.0 Å². The number of nitrogens with one attached hydrogen (secondary N) is 1. The van der Waals surface area contributed by atoms with E-state index < -0.39 is 28.9 Å². The largest absolute Gasteiger partial charge is 0.491 e. The number of amides is 1. The molecule has 7 nitrogen and oxygen atoms in total. The summed E-state index contributed by atoms with van der Waals surface area (Å²) in [6.07, 6.45) is -2.66. The lowest BCUT2D eigenvalue weighted by atomic mass is 10.0. The molecular formula is C21H21F3N2O5. The molecule has 0 spiro atoms. The van der Waals surface area contributed by atoms with E-state index in [1.54, 1.807) is 4.98 Å². The van der Waals surface area contributed by atoms with Crippen LogP contribution in [0.5, 0.6) is 5.75 Å². The summed E-state index contributed by atoms with van der Waals surface area (Å²) >= 11 is 0. The second-order valence-corrected chi connectivity index (χ2v) is 7.67. The fourth-order valence-corrected chi connectivity index (χ4v) is 3.53. The first kappa shape index (κ1) is 21.4. The van der Waals surface area contributed by atoms with Crippen molar-refractivity contribution in [3.8, 4) is 16.9 Å². The van der Waals surface area contributed by atoms with E-state index in [1.807, 2.05) is 0 Å². The zero-order valence-corrected chi connectivity index (χ0v) is 16.4. The Hall–Kier alpha value is -2.85. The molecule has 2 aromatic rings. The van der Waals surface area contributed by atoms with Crippen LogP contribution in [0.4, 0.5) is 13.2 Å². The van der Waals surface area contributed by atoms with Gasteiger partial charge in [-0.25, -0.2) is 0 Å². The van der Waals surface area contributed by atoms with Gasteiger partial charge in [-0.15, -0.1) is 0 Å². The SMILES string of the molecule is NC(=O)c1cc(-c2ccc(OC[C@@H]3COCC(C4CC4)O3)cc2)c(C(F)(F)F)[nH]c1=O. The summed E-state index contributed by atoms with van der Waals surface area (Å²) in [6, 6.07) is 6.69. The predicted octanol–water partition coefficient (Wildman–Crippen LogP) is 2.73. The molecule has 2 atom stereocenters. The Morgan fingerprint density at radius 1 is 1.19 bits per heavy atom. The standard InChI is InChI=1S/C21H21F3N2O5/c22-21(23,24)18-15(7-16(19(25)27)20(28)26-18)11-3-5-13(6-4-11)30-9-14-8-29-10-17(31-14)12-1-2-12/h3-7,12,14,17H,1-2,8-10H2,(H2,25,27)(H,26,28)/t14-,17?/m0/s1. The maximum absolute atomic E-state index is 13.4. The van der Waals surface area contributed by atoms with E-state index in [0.29, 0.717) is 24.9 Å². The zero-order chi connectivity index (χ0) is 22.2. The van der Waals surface area contributed by atoms with E-state index in [4.69, 9.17) is 19.9 Å². The number of rotatable bonds is 6. The number of carbonyl (C=O) groups excluding carboxylic acids is 1. The van der Waals surface area contributed by atoms with Crippen LogP contribution in [0.1, 0.15) is 28.9 Å². The number of carbonyl (C=O) groups is 1. The fourth-order valence-electron chi connectivity index (χ4n) is 3.53. The second kappa shape index (κ2) is 8.35. The van der Waals surface area contributed by atoms with Gasteiger partial charge in [0.05, 0.1) is 19.3 Å². The third-order valence-electron chi connectivity index (χ3n) is 5.29. The van der Waals surface area contributed by atoms with Gasteiger partial charge in [0.1, 0.15) is 29.7 Å². The molecule has 1 saturated heterocycles. The number of aromatic nitrogens is 1. The number of benzene rings is 1. The maximum atomic E-state index is 13.4. The van der Waals surface area contributed by atoms with Crippen molar-refractivity contribution < 1.29 is 32.2 Å². The predicted molar refractivity (Wildman–Crippen MR) is 104 cm³/mol. The molecule has 1 aromatic heterocycles. The van der Waals surface area contributed by atoms with Gasteiger partial charge in [0.25, 0.3) is 11.5 Å². The Kier molecular flexibility index (Phi) is 5.76. The molecule has 166 valence electrons. The molecule has 1 aliphatic heterocycles. The number of hydrogen-bond donors (Lipinski definition) is 2. The van der Waals surface area contributed by atoms with Crippen molar-refractivity contribution in [3.05, 3.63) is 51.9 Å². The van der Waals surface area contributed by atoms with Crippen LogP contribution in [0.15, 0.2) is 35.1 Å². The molecule has 3 N–H and O–H groups in total. The highest BCUT2D eigenvalue weighted by molar-refractivity contribution is 5.94. The molecular weight excluding hydrogens is 417 g/mol. The quantitative estimate of drug-likeness (QED) is 0.722. The molecule has 10 heteroatoms. The fraction of sp³-hybridized carbons (Fsp3) is 0.429. The first-order valence-corrected chi connectivity index (χ1v) is 9.83. The van der Waals surface area contributed by atoms with Gasteiger partial charge < -0.3 is 24.9 Å². The topological polar surface area (TPSA) is 104 Å². The van der Waals surface area contributed by atoms with Gasteiger partial charge in [-0.1, -0.05) is 12.1 Å². The van der Waals surface area contributed by atoms with Gasteiger partial charge >= 0.3 is 6.18 Å². The number of hydrogen-bond acceptors (Lipinski definition) is 5. The summed E-state index contributed by atoms with van der Waals surface area (Å²) in [5.41, 5.74) is 1.89. The van der Waals surface area contributed by atoms with Crippen molar-refractivity contribution in [2.75, 3.05) is 19.8 Å². The molecule has 2 heterocycles. The van der Waals surface area contributed by atoms with E-state index >= 15 is 0 Å². The van der Waals surface area contributed by atoms with Crippen molar-refractivity contribution in [1.82, 2.24) is 4.98 Å². The van der Waals surface area contributed by atoms with Crippen molar-refractivity contribution in [2.45, 2.75) is 31.2 Å². The first-order valence-electron chi connectivity index (χ1n) is 9.83. The number of nitrogens with two attached hydrogens (primary N) is 1. The summed E-state index contributed by atoms with van der Waals surface area (Å²) in [4.78, 5) is 24.9. The Balaban J connectivity index is 1.50. The number of primary amides is 1. The second-order valence-electron chi connectivity index (χ2n) is 7.67. The van der Waals surface area contributed by atoms with Crippen LogP contribution in [0.25, 0.3) is 11.1 Å². The van der Waals surface area contributed by atoms with Crippen LogP contribution in [0.3, 0.4) is 0 Å². The number of alkyl halides is 3. The minimum atomic E-state index is -4.82. The summed E-state index contributed by atoms with van der Waals surface area (Å²) in [5.74, 6) is -0.128. The van der Waals surface area contributed by atoms with Gasteiger partial charge in [0.15, 0.2) is 0 Å². The highest BCUT2D eigenvalue weighted by Crippen LogP contribution is 2.37. The van der Waals surface area contributed by atoms with Crippen LogP contribution in [0.2, 0.25) is 0 Å². The smallest absolute Gasteiger partial charge is 0.431 e. The van der Waals surface area contributed by atoms with Crippen molar-refractivity contribution in [3.63, 3.8) is 0 Å². The molecule has 4 rings (SSSR count). The normalized spacial score (nSPS) is 21.6. The average Bonchev–Trinajstić information content (AvgIpc) is 3.57. The van der Waals surface area contributed by atoms with Crippen LogP contribution in [-0.2, 0) is 15.7 Å². The molecule has 2 aliphatic rings. The highest BCUT2D eigenvalue weighted by atomic mass is 19.4. The highest BCUT2D eigenvalue weighted by Gasteiger charge is 2.37. The Morgan fingerprint density at radius 2 is 1.90 bits per heavy atom. The van der Waals surface area contributed by atoms with E-state index in [0.717, 1.165) is 18.9 Å². The van der Waals surface area contributed by atoms with Crippen LogP contribution >= 0.6 is 0 Å². The van der Waals surface area contributed by atoms with E-state index in [9.17, 15) is 22.8 Å². The molecule has 1 unspecified atom stereocenters. The Labute approximate surface area is 175 Å². The molecule has 2 fully saturated rings. The summed E-state index contributed by atoms with van der Waals surface area (Å²) < 4.78 is 57.5. The lowest BCUT2D eigenvalue weighted by molar-refractivity contribution is -0.154. The number of H-pyrrole nitrogens is 1. The molecule has 31 heavy (non-hydrogen) atoms. The lowest BCUT2D eigenvalue weighted by Gasteiger charge is -2.30. The van der Waals surface area contributed by atoms with Gasteiger partial charge in [-0.3, -0.25) is 9.59 Å². The number of halogens is 3. The van der Waals surface area contributed by atoms with Crippen molar-refractivity contribution in [1.29, 1.82) is 0 Å². The van der Waals surface area contributed by atoms with Gasteiger partial charge in [0, 0.05) is 5.56 Å². The first-order chi connectivity index (χ1) is 14.7. The average molecular weight is 438 g/mol. The van der Waals surface area contributed by atoms with Crippen LogP contribution in [0, 0.1) is 5.92 Å². The number of aromatic amines is 1. The Morgan fingerprint density at radius 3 is 2.52 bits per heavy atom. The van der Waals surface area contributed by atoms with Crippen LogP contribution in [-0.4, -0.2) is 42.9 Å². The summed E-state index contributed by atoms with van der Waals surface area (Å²) in [5, 5.41) is 0. The van der Waals surface area contributed by atoms with E-state index in [1.165, 1.54) is 24.3 Å². The zero-order valence-electron chi connectivity index (χ0n) is 16.4. The third-order valence-corrected chi connectivity index (χ3v) is 5.29. The molecule has 0 bridgehead atoms. The van der Waals surface area contributed by atoms with E-state index in [-0.39, 0.29) is 29.9 Å². The number of ether oxygens (including phenoxy) is 3. The summed E-state index contributed by atoms with van der Waals surface area (Å²) in [7, 11) is 0. The van der Waals surface area contributed by atoms with E-state index in [2.05, 4.69) is 0 Å². The van der Waals surface area contributed by atoms with Gasteiger partial charge in [0.2, 0.25) is 0 Å². The Bertz CT molecular complexity index is 1020. The minimum Gasteiger partial charge on any atom is -0.491 e. The molecule has 0 radical (unpaired) electrons. The molecule has 1 amide bonds. The van der Waals surface area contributed by atoms with Gasteiger partial charge in [-0.2, -0.15) is 13.2 Å². The van der Waals surface area contributed by atoms with Gasteiger partial charge in [-0.05, 0) is 42.5 Å². The molecule has 1 saturated carbocycles. The minimum absolute atomic E-state index is 0.0882. The summed E-state index contributed by atoms with van der Waals surface area (Å²) in [6.45, 7) is 1.26. The monoisotopic (exact) mass is 438 g/mol. The van der Waals surface area contributed by atoms with Crippen molar-refractivity contribution in [2.24, 2.45) is 11.7 Å².